The quantitative estimate of drug-likeness (QED) is 0.199. The van der Waals surface area contributed by atoms with Crippen molar-refractivity contribution in [2.75, 3.05) is 32.5 Å². The van der Waals surface area contributed by atoms with Crippen molar-refractivity contribution in [1.82, 2.24) is 24.4 Å². The molecule has 4 rings (SSSR count). The molecule has 0 aliphatic carbocycles. The average Bonchev–Trinajstić information content (AvgIpc) is 3.37. The van der Waals surface area contributed by atoms with Crippen molar-refractivity contribution < 1.29 is 22.7 Å². The van der Waals surface area contributed by atoms with Gasteiger partial charge in [-0.3, -0.25) is 14.2 Å². The predicted octanol–water partition coefficient (Wildman–Crippen LogP) is 3.49. The topological polar surface area (TPSA) is 123 Å². The molecule has 2 aromatic carbocycles. The zero-order valence-corrected chi connectivity index (χ0v) is 23.8. The van der Waals surface area contributed by atoms with Gasteiger partial charge < -0.3 is 10.1 Å². The summed E-state index contributed by atoms with van der Waals surface area (Å²) in [7, 11) is -1.95. The fraction of sp³-hybridized carbons (Fsp3) is 0.407. The monoisotopic (exact) mass is 571 g/mol. The summed E-state index contributed by atoms with van der Waals surface area (Å²) < 4.78 is 34.5. The maximum Gasteiger partial charge on any atom is 0.243 e. The summed E-state index contributed by atoms with van der Waals surface area (Å²) in [6.45, 7) is 3.07. The Morgan fingerprint density at radius 1 is 1.00 bits per heavy atom. The third kappa shape index (κ3) is 7.25. The third-order valence-corrected chi connectivity index (χ3v) is 9.29. The molecule has 1 aromatic heterocycles. The molecule has 0 bridgehead atoms. The lowest BCUT2D eigenvalue weighted by atomic mass is 10.1. The van der Waals surface area contributed by atoms with Gasteiger partial charge in [-0.25, -0.2) is 8.42 Å². The number of aromatic nitrogens is 3. The van der Waals surface area contributed by atoms with Crippen LogP contribution in [0.5, 0.6) is 5.75 Å². The molecule has 0 radical (unpaired) electrons. The highest BCUT2D eigenvalue weighted by molar-refractivity contribution is 7.99. The Morgan fingerprint density at radius 3 is 2.33 bits per heavy atom. The predicted molar refractivity (Wildman–Crippen MR) is 149 cm³/mol. The zero-order valence-electron chi connectivity index (χ0n) is 22.1. The number of piperidine rings is 1. The van der Waals surface area contributed by atoms with Gasteiger partial charge in [0.1, 0.15) is 11.6 Å². The van der Waals surface area contributed by atoms with E-state index in [0.29, 0.717) is 54.8 Å². The molecule has 0 saturated carbocycles. The number of benzene rings is 2. The second-order valence-corrected chi connectivity index (χ2v) is 12.1. The number of methoxy groups -OCH3 is 1. The summed E-state index contributed by atoms with van der Waals surface area (Å²) in [6.07, 6.45) is 4.04. The van der Waals surface area contributed by atoms with Gasteiger partial charge in [0.05, 0.1) is 17.8 Å². The van der Waals surface area contributed by atoms with Crippen LogP contribution >= 0.6 is 11.8 Å². The first kappa shape index (κ1) is 28.8. The number of carbonyl (C=O) groups excluding carboxylic acids is 2. The number of carbonyl (C=O) groups is 2. The van der Waals surface area contributed by atoms with Crippen LogP contribution in [0.15, 0.2) is 58.6 Å². The maximum absolute atomic E-state index is 13.0. The molecule has 10 nitrogen and oxygen atoms in total. The van der Waals surface area contributed by atoms with Gasteiger partial charge in [-0.15, -0.1) is 10.2 Å². The van der Waals surface area contributed by atoms with Crippen molar-refractivity contribution in [3.05, 3.63) is 59.9 Å². The molecule has 1 aliphatic heterocycles. The van der Waals surface area contributed by atoms with Gasteiger partial charge in [0.15, 0.2) is 10.9 Å². The Labute approximate surface area is 233 Å². The normalized spacial score (nSPS) is 14.2. The Bertz CT molecular complexity index is 1380. The SMILES string of the molecule is COc1ccc(-n2c(CCCNC(C)=O)nnc2SCC(=O)c2ccc(S(=O)(=O)N3CCCCC3)cc2)cc1. The molecule has 1 N–H and O–H groups in total. The van der Waals surface area contributed by atoms with Gasteiger partial charge in [0.2, 0.25) is 15.9 Å². The number of hydrogen-bond donors (Lipinski definition) is 1. The molecule has 1 aliphatic rings. The van der Waals surface area contributed by atoms with Crippen LogP contribution in [0.4, 0.5) is 0 Å². The number of hydrogen-bond acceptors (Lipinski definition) is 8. The standard InChI is InChI=1S/C27H33N5O5S2/c1-20(33)28-16-6-7-26-29-30-27(32(26)22-10-12-23(37-2)13-11-22)38-19-25(34)21-8-14-24(15-9-21)39(35,36)31-17-4-3-5-18-31/h8-15H,3-7,16-19H2,1-2H3,(H,28,33). The first-order chi connectivity index (χ1) is 18.8. The Balaban J connectivity index is 1.46. The van der Waals surface area contributed by atoms with Gasteiger partial charge >= 0.3 is 0 Å². The third-order valence-electron chi connectivity index (χ3n) is 6.44. The van der Waals surface area contributed by atoms with Gasteiger partial charge in [-0.1, -0.05) is 30.3 Å². The van der Waals surface area contributed by atoms with Crippen molar-refractivity contribution in [3.63, 3.8) is 0 Å². The van der Waals surface area contributed by atoms with Gasteiger partial charge in [-0.2, -0.15) is 4.31 Å². The minimum absolute atomic E-state index is 0.0847. The van der Waals surface area contributed by atoms with Crippen LogP contribution in [0.2, 0.25) is 0 Å². The molecular formula is C27H33N5O5S2. The molecule has 0 unspecified atom stereocenters. The molecular weight excluding hydrogens is 538 g/mol. The van der Waals surface area contributed by atoms with E-state index in [1.807, 2.05) is 28.8 Å². The lowest BCUT2D eigenvalue weighted by molar-refractivity contribution is -0.118. The number of amides is 1. The number of ketones is 1. The Hall–Kier alpha value is -3.22. The van der Waals surface area contributed by atoms with Crippen LogP contribution in [0, 0.1) is 0 Å². The van der Waals surface area contributed by atoms with E-state index in [0.717, 1.165) is 24.9 Å². The number of sulfonamides is 1. The van der Waals surface area contributed by atoms with E-state index in [9.17, 15) is 18.0 Å². The van der Waals surface area contributed by atoms with E-state index in [1.165, 1.54) is 35.1 Å². The summed E-state index contributed by atoms with van der Waals surface area (Å²) >= 11 is 1.26. The van der Waals surface area contributed by atoms with Crippen LogP contribution in [0.1, 0.15) is 48.8 Å². The molecule has 0 atom stereocenters. The average molecular weight is 572 g/mol. The van der Waals surface area contributed by atoms with Crippen molar-refractivity contribution in [2.45, 2.75) is 49.1 Å². The van der Waals surface area contributed by atoms with E-state index in [2.05, 4.69) is 15.5 Å². The van der Waals surface area contributed by atoms with E-state index < -0.39 is 10.0 Å². The Kier molecular flexibility index (Phi) is 9.76. The molecule has 1 saturated heterocycles. The first-order valence-electron chi connectivity index (χ1n) is 12.9. The lowest BCUT2D eigenvalue weighted by Crippen LogP contribution is -2.35. The molecule has 3 aromatic rings. The first-order valence-corrected chi connectivity index (χ1v) is 15.3. The second kappa shape index (κ2) is 13.2. The summed E-state index contributed by atoms with van der Waals surface area (Å²) in [4.78, 5) is 24.4. The molecule has 0 spiro atoms. The molecule has 1 amide bonds. The number of thioether (sulfide) groups is 1. The smallest absolute Gasteiger partial charge is 0.243 e. The molecule has 12 heteroatoms. The van der Waals surface area contributed by atoms with Gasteiger partial charge in [-0.05, 0) is 55.7 Å². The van der Waals surface area contributed by atoms with Crippen LogP contribution in [0.3, 0.4) is 0 Å². The largest absolute Gasteiger partial charge is 0.497 e. The molecule has 39 heavy (non-hydrogen) atoms. The van der Waals surface area contributed by atoms with Crippen LogP contribution < -0.4 is 10.1 Å². The highest BCUT2D eigenvalue weighted by atomic mass is 32.2. The number of Topliss-reactive ketones (excluding diaryl/α,β-unsaturated/α-hetero) is 1. The summed E-state index contributed by atoms with van der Waals surface area (Å²) in [5, 5.41) is 12.0. The minimum atomic E-state index is -3.55. The number of rotatable bonds is 12. The van der Waals surface area contributed by atoms with Gasteiger partial charge in [0.25, 0.3) is 0 Å². The van der Waals surface area contributed by atoms with Gasteiger partial charge in [0, 0.05) is 44.2 Å². The highest BCUT2D eigenvalue weighted by Crippen LogP contribution is 2.26. The highest BCUT2D eigenvalue weighted by Gasteiger charge is 2.26. The van der Waals surface area contributed by atoms with Crippen LogP contribution in [-0.4, -0.2) is 71.7 Å². The number of nitrogens with zero attached hydrogens (tertiary/aromatic N) is 4. The fourth-order valence-electron chi connectivity index (χ4n) is 4.34. The summed E-state index contributed by atoms with van der Waals surface area (Å²) in [6, 6.07) is 13.6. The fourth-order valence-corrected chi connectivity index (χ4v) is 6.72. The molecule has 2 heterocycles. The van der Waals surface area contributed by atoms with Crippen LogP contribution in [-0.2, 0) is 21.2 Å². The van der Waals surface area contributed by atoms with Crippen molar-refractivity contribution >= 4 is 33.5 Å². The number of aryl methyl sites for hydroxylation is 1. The van der Waals surface area contributed by atoms with E-state index in [1.54, 1.807) is 19.2 Å². The summed E-state index contributed by atoms with van der Waals surface area (Å²) in [5.41, 5.74) is 1.27. The molecule has 1 fully saturated rings. The number of nitrogens with one attached hydrogen (secondary N) is 1. The van der Waals surface area contributed by atoms with Crippen molar-refractivity contribution in [2.24, 2.45) is 0 Å². The van der Waals surface area contributed by atoms with E-state index in [-0.39, 0.29) is 22.3 Å². The summed E-state index contributed by atoms with van der Waals surface area (Å²) in [5.74, 6) is 1.32. The molecule has 208 valence electrons. The maximum atomic E-state index is 13.0. The zero-order chi connectivity index (χ0) is 27.8. The van der Waals surface area contributed by atoms with Crippen molar-refractivity contribution in [3.8, 4) is 11.4 Å². The minimum Gasteiger partial charge on any atom is -0.497 e. The van der Waals surface area contributed by atoms with Crippen LogP contribution in [0.25, 0.3) is 5.69 Å². The van der Waals surface area contributed by atoms with E-state index >= 15 is 0 Å². The van der Waals surface area contributed by atoms with E-state index in [4.69, 9.17) is 4.74 Å². The number of ether oxygens (including phenoxy) is 1. The second-order valence-electron chi connectivity index (χ2n) is 9.22. The Morgan fingerprint density at radius 2 is 1.69 bits per heavy atom. The van der Waals surface area contributed by atoms with Crippen molar-refractivity contribution in [1.29, 1.82) is 0 Å². The lowest BCUT2D eigenvalue weighted by Gasteiger charge is -2.25.